The Kier molecular flexibility index (Phi) is 8.36. The van der Waals surface area contributed by atoms with Crippen LogP contribution < -0.4 is 15.5 Å². The predicted molar refractivity (Wildman–Crippen MR) is 145 cm³/mol. The maximum atomic E-state index is 13.0. The second-order valence-corrected chi connectivity index (χ2v) is 9.24. The van der Waals surface area contributed by atoms with Crippen molar-refractivity contribution in [2.24, 2.45) is 0 Å². The van der Waals surface area contributed by atoms with E-state index in [1.807, 2.05) is 0 Å². The summed E-state index contributed by atoms with van der Waals surface area (Å²) in [5, 5.41) is 6.29. The van der Waals surface area contributed by atoms with E-state index in [1.165, 1.54) is 24.3 Å². The lowest BCUT2D eigenvalue weighted by atomic mass is 10.1. The van der Waals surface area contributed by atoms with Crippen LogP contribution in [0.4, 0.5) is 11.4 Å². The molecule has 0 radical (unpaired) electrons. The van der Waals surface area contributed by atoms with Gasteiger partial charge in [-0.1, -0.05) is 40.9 Å². The number of benzene rings is 3. The number of nitrogens with one attached hydrogen (secondary N) is 2. The van der Waals surface area contributed by atoms with Gasteiger partial charge in [-0.25, -0.2) is 9.69 Å². The van der Waals surface area contributed by atoms with Crippen LogP contribution in [0.2, 0.25) is 10.0 Å². The quantitative estimate of drug-likeness (QED) is 0.271. The van der Waals surface area contributed by atoms with Crippen molar-refractivity contribution < 1.29 is 23.9 Å². The molecule has 2 N–H and O–H groups in total. The van der Waals surface area contributed by atoms with Gasteiger partial charge < -0.3 is 15.4 Å². The molecule has 4 rings (SSSR count). The minimum absolute atomic E-state index is 0.110. The number of anilines is 2. The predicted octanol–water partition coefficient (Wildman–Crippen LogP) is 5.54. The average molecular weight is 573 g/mol. The van der Waals surface area contributed by atoms with Gasteiger partial charge in [-0.15, -0.1) is 0 Å². The number of halogens is 3. The van der Waals surface area contributed by atoms with Gasteiger partial charge in [-0.05, 0) is 73.2 Å². The minimum Gasteiger partial charge on any atom is -0.462 e. The maximum Gasteiger partial charge on any atom is 0.338 e. The summed E-state index contributed by atoms with van der Waals surface area (Å²) in [6.07, 6.45) is 0. The highest BCUT2D eigenvalue weighted by molar-refractivity contribution is 6.53. The summed E-state index contributed by atoms with van der Waals surface area (Å²) in [5.74, 6) is -2.21. The largest absolute Gasteiger partial charge is 0.462 e. The van der Waals surface area contributed by atoms with Gasteiger partial charge in [0.1, 0.15) is 10.7 Å². The zero-order valence-electron chi connectivity index (χ0n) is 19.9. The second-order valence-electron chi connectivity index (χ2n) is 8.02. The fourth-order valence-electron chi connectivity index (χ4n) is 3.60. The monoisotopic (exact) mass is 571 g/mol. The van der Waals surface area contributed by atoms with Crippen molar-refractivity contribution in [2.75, 3.05) is 16.8 Å². The molecular formula is C27H20Cl3N3O5. The molecule has 0 saturated carbocycles. The second kappa shape index (κ2) is 11.7. The topological polar surface area (TPSA) is 105 Å². The van der Waals surface area contributed by atoms with Gasteiger partial charge in [-0.3, -0.25) is 14.4 Å². The first-order valence-corrected chi connectivity index (χ1v) is 12.5. The highest BCUT2D eigenvalue weighted by atomic mass is 35.5. The van der Waals surface area contributed by atoms with Crippen molar-refractivity contribution in [3.63, 3.8) is 0 Å². The lowest BCUT2D eigenvalue weighted by molar-refractivity contribution is -0.120. The molecule has 11 heteroatoms. The van der Waals surface area contributed by atoms with Gasteiger partial charge in [0.05, 0.1) is 17.9 Å². The van der Waals surface area contributed by atoms with E-state index in [1.54, 1.807) is 49.4 Å². The van der Waals surface area contributed by atoms with E-state index in [0.717, 1.165) is 4.90 Å². The molecule has 194 valence electrons. The minimum atomic E-state index is -0.708. The fourth-order valence-corrected chi connectivity index (χ4v) is 4.29. The smallest absolute Gasteiger partial charge is 0.338 e. The van der Waals surface area contributed by atoms with Crippen molar-refractivity contribution in [3.05, 3.63) is 104 Å². The third kappa shape index (κ3) is 5.83. The SMILES string of the molecule is CCOC(=O)c1ccc(N2C(=O)C(Cl)=C(Nc3ccc(C(=O)NCc4ccc(Cl)cc4Cl)cc3)C2=O)cc1. The fraction of sp³-hybridized carbons (Fsp3) is 0.111. The van der Waals surface area contributed by atoms with Crippen molar-refractivity contribution >= 4 is 69.9 Å². The van der Waals surface area contributed by atoms with E-state index >= 15 is 0 Å². The standard InChI is InChI=1S/C27H20Cl3N3O5/c1-2-38-27(37)16-6-11-20(12-7-16)33-25(35)22(30)23(26(33)36)32-19-9-4-15(5-10-19)24(34)31-14-17-3-8-18(28)13-21(17)29/h3-13,32H,2,14H2,1H3,(H,31,34). The molecule has 3 aromatic carbocycles. The zero-order valence-corrected chi connectivity index (χ0v) is 22.2. The number of nitrogens with zero attached hydrogens (tertiary/aromatic N) is 1. The van der Waals surface area contributed by atoms with Crippen LogP contribution in [0.25, 0.3) is 0 Å². The average Bonchev–Trinajstić information content (AvgIpc) is 3.11. The maximum absolute atomic E-state index is 13.0. The number of esters is 1. The first kappa shape index (κ1) is 27.2. The van der Waals surface area contributed by atoms with E-state index in [2.05, 4.69) is 10.6 Å². The molecule has 3 amide bonds. The van der Waals surface area contributed by atoms with Crippen molar-refractivity contribution in [3.8, 4) is 0 Å². The van der Waals surface area contributed by atoms with Gasteiger partial charge in [0, 0.05) is 27.8 Å². The molecule has 0 aromatic heterocycles. The number of hydrogen-bond donors (Lipinski definition) is 2. The van der Waals surface area contributed by atoms with Crippen LogP contribution in [0.3, 0.4) is 0 Å². The Balaban J connectivity index is 1.41. The molecule has 0 aliphatic carbocycles. The summed E-state index contributed by atoms with van der Waals surface area (Å²) in [4.78, 5) is 51.1. The van der Waals surface area contributed by atoms with Crippen LogP contribution in [0.5, 0.6) is 0 Å². The van der Waals surface area contributed by atoms with Crippen molar-refractivity contribution in [1.82, 2.24) is 5.32 Å². The molecule has 1 aliphatic rings. The third-order valence-electron chi connectivity index (χ3n) is 5.53. The van der Waals surface area contributed by atoms with Crippen LogP contribution >= 0.6 is 34.8 Å². The van der Waals surface area contributed by atoms with E-state index in [-0.39, 0.29) is 41.0 Å². The summed E-state index contributed by atoms with van der Waals surface area (Å²) in [6, 6.07) is 17.1. The Morgan fingerprint density at radius 1 is 0.868 bits per heavy atom. The van der Waals surface area contributed by atoms with Gasteiger partial charge in [0.2, 0.25) is 0 Å². The normalized spacial score (nSPS) is 13.1. The highest BCUT2D eigenvalue weighted by Crippen LogP contribution is 2.30. The Morgan fingerprint density at radius 2 is 1.53 bits per heavy atom. The van der Waals surface area contributed by atoms with Crippen LogP contribution in [-0.2, 0) is 20.9 Å². The lowest BCUT2D eigenvalue weighted by Gasteiger charge is -2.15. The van der Waals surface area contributed by atoms with Crippen molar-refractivity contribution in [1.29, 1.82) is 0 Å². The van der Waals surface area contributed by atoms with Gasteiger partial charge in [0.25, 0.3) is 17.7 Å². The van der Waals surface area contributed by atoms with Gasteiger partial charge >= 0.3 is 5.97 Å². The summed E-state index contributed by atoms with van der Waals surface area (Å²) in [7, 11) is 0. The Bertz CT molecular complexity index is 1450. The molecular weight excluding hydrogens is 553 g/mol. The van der Waals surface area contributed by atoms with Gasteiger partial charge in [0.15, 0.2) is 0 Å². The number of amides is 3. The molecule has 38 heavy (non-hydrogen) atoms. The van der Waals surface area contributed by atoms with Crippen LogP contribution in [0.15, 0.2) is 77.5 Å². The first-order valence-electron chi connectivity index (χ1n) is 11.3. The van der Waals surface area contributed by atoms with Crippen molar-refractivity contribution in [2.45, 2.75) is 13.5 Å². The summed E-state index contributed by atoms with van der Waals surface area (Å²) in [5.41, 5.74) is 1.95. The summed E-state index contributed by atoms with van der Waals surface area (Å²) in [6.45, 7) is 2.13. The number of rotatable bonds is 8. The highest BCUT2D eigenvalue weighted by Gasteiger charge is 2.39. The molecule has 0 saturated heterocycles. The molecule has 3 aromatic rings. The Morgan fingerprint density at radius 3 is 2.16 bits per heavy atom. The lowest BCUT2D eigenvalue weighted by Crippen LogP contribution is -2.32. The molecule has 0 bridgehead atoms. The Labute approximate surface area is 233 Å². The van der Waals surface area contributed by atoms with Crippen LogP contribution in [0.1, 0.15) is 33.2 Å². The van der Waals surface area contributed by atoms with E-state index < -0.39 is 17.8 Å². The number of ether oxygens (including phenoxy) is 1. The first-order chi connectivity index (χ1) is 18.2. The summed E-state index contributed by atoms with van der Waals surface area (Å²) >= 11 is 18.2. The number of imide groups is 1. The molecule has 1 heterocycles. The molecule has 0 spiro atoms. The summed E-state index contributed by atoms with van der Waals surface area (Å²) < 4.78 is 4.94. The molecule has 0 unspecified atom stereocenters. The van der Waals surface area contributed by atoms with E-state index in [4.69, 9.17) is 39.5 Å². The third-order valence-corrected chi connectivity index (χ3v) is 6.47. The van der Waals surface area contributed by atoms with Gasteiger partial charge in [-0.2, -0.15) is 0 Å². The van der Waals surface area contributed by atoms with Crippen LogP contribution in [-0.4, -0.2) is 30.3 Å². The molecule has 0 atom stereocenters. The molecule has 1 aliphatic heterocycles. The number of carbonyl (C=O) groups excluding carboxylic acids is 4. The van der Waals surface area contributed by atoms with E-state index in [0.29, 0.717) is 26.9 Å². The van der Waals surface area contributed by atoms with E-state index in [9.17, 15) is 19.2 Å². The number of carbonyl (C=O) groups is 4. The van der Waals surface area contributed by atoms with Crippen LogP contribution in [0, 0.1) is 0 Å². The zero-order chi connectivity index (χ0) is 27.4. The molecule has 0 fully saturated rings. The number of hydrogen-bond acceptors (Lipinski definition) is 6. The Hall–Kier alpha value is -3.85. The molecule has 8 nitrogen and oxygen atoms in total.